The number of aromatic nitrogens is 3. The number of piperidine rings is 1. The van der Waals surface area contributed by atoms with Crippen LogP contribution in [0.25, 0.3) is 22.3 Å². The molecule has 148 valence electrons. The number of carbonyl (C=O) groups is 1. The lowest BCUT2D eigenvalue weighted by atomic mass is 9.92. The molecule has 0 N–H and O–H groups in total. The molecular weight excluding hydrogens is 372 g/mol. The highest BCUT2D eigenvalue weighted by Gasteiger charge is 2.25. The maximum Gasteiger partial charge on any atom is 0.253 e. The fraction of sp³-hybridized carbons (Fsp3) is 0.200. The van der Waals surface area contributed by atoms with Crippen LogP contribution in [0.3, 0.4) is 0 Å². The van der Waals surface area contributed by atoms with Crippen molar-refractivity contribution >= 4 is 16.8 Å². The maximum atomic E-state index is 13.0. The zero-order chi connectivity index (χ0) is 20.3. The lowest BCUT2D eigenvalue weighted by Crippen LogP contribution is -2.38. The second-order valence-corrected chi connectivity index (χ2v) is 7.65. The van der Waals surface area contributed by atoms with Gasteiger partial charge in [0.1, 0.15) is 0 Å². The molecule has 1 amide bonds. The van der Waals surface area contributed by atoms with Crippen LogP contribution in [-0.2, 0) is 0 Å². The van der Waals surface area contributed by atoms with Gasteiger partial charge in [0.05, 0.1) is 5.52 Å². The van der Waals surface area contributed by atoms with Crippen molar-refractivity contribution in [2.24, 2.45) is 0 Å². The van der Waals surface area contributed by atoms with Gasteiger partial charge in [-0.15, -0.1) is 0 Å². The standard InChI is InChI=1S/C25H22N4O/c30-25(21-8-9-22-20(17-21)7-4-13-26-22)29-15-11-18(12-16-29)23-10-14-27-24(28-23)19-5-2-1-3-6-19/h1-10,13-14,17-18H,11-12,15-16H2. The molecule has 1 aliphatic heterocycles. The molecule has 4 aromatic rings. The van der Waals surface area contributed by atoms with Crippen molar-refractivity contribution in [3.05, 3.63) is 90.4 Å². The predicted octanol–water partition coefficient (Wildman–Crippen LogP) is 4.71. The summed E-state index contributed by atoms with van der Waals surface area (Å²) in [6.45, 7) is 1.47. The van der Waals surface area contributed by atoms with Gasteiger partial charge in [0, 0.05) is 53.6 Å². The zero-order valence-electron chi connectivity index (χ0n) is 16.6. The molecule has 0 saturated carbocycles. The van der Waals surface area contributed by atoms with E-state index in [1.165, 1.54) is 0 Å². The highest BCUT2D eigenvalue weighted by atomic mass is 16.2. The van der Waals surface area contributed by atoms with Gasteiger partial charge in [0.25, 0.3) is 5.91 Å². The number of likely N-dealkylation sites (tertiary alicyclic amines) is 1. The smallest absolute Gasteiger partial charge is 0.253 e. The third kappa shape index (κ3) is 3.66. The van der Waals surface area contributed by atoms with Crippen molar-refractivity contribution in [3.63, 3.8) is 0 Å². The molecule has 0 radical (unpaired) electrons. The Balaban J connectivity index is 1.28. The van der Waals surface area contributed by atoms with E-state index >= 15 is 0 Å². The molecule has 0 spiro atoms. The Morgan fingerprint density at radius 1 is 0.867 bits per heavy atom. The largest absolute Gasteiger partial charge is 0.339 e. The van der Waals surface area contributed by atoms with E-state index in [4.69, 9.17) is 4.98 Å². The summed E-state index contributed by atoms with van der Waals surface area (Å²) in [6.07, 6.45) is 5.43. The second kappa shape index (κ2) is 8.03. The van der Waals surface area contributed by atoms with E-state index in [2.05, 4.69) is 9.97 Å². The summed E-state index contributed by atoms with van der Waals surface area (Å²) in [5.74, 6) is 1.20. The number of hydrogen-bond acceptors (Lipinski definition) is 4. The first-order valence-electron chi connectivity index (χ1n) is 10.3. The summed E-state index contributed by atoms with van der Waals surface area (Å²) in [5, 5.41) is 0.993. The molecule has 30 heavy (non-hydrogen) atoms. The molecule has 1 fully saturated rings. The van der Waals surface area contributed by atoms with Gasteiger partial charge in [-0.05, 0) is 43.2 Å². The highest BCUT2D eigenvalue weighted by Crippen LogP contribution is 2.29. The number of hydrogen-bond donors (Lipinski definition) is 0. The van der Waals surface area contributed by atoms with Crippen LogP contribution in [0.2, 0.25) is 0 Å². The molecule has 0 bridgehead atoms. The zero-order valence-corrected chi connectivity index (χ0v) is 16.6. The van der Waals surface area contributed by atoms with Gasteiger partial charge in [-0.1, -0.05) is 36.4 Å². The lowest BCUT2D eigenvalue weighted by Gasteiger charge is -2.32. The summed E-state index contributed by atoms with van der Waals surface area (Å²) in [6, 6.07) is 21.7. The molecule has 1 saturated heterocycles. The number of pyridine rings is 1. The molecule has 2 aromatic carbocycles. The Bertz CT molecular complexity index is 1180. The monoisotopic (exact) mass is 394 g/mol. The third-order valence-corrected chi connectivity index (χ3v) is 5.76. The number of amides is 1. The van der Waals surface area contributed by atoms with Gasteiger partial charge >= 0.3 is 0 Å². The molecule has 1 aliphatic rings. The van der Waals surface area contributed by atoms with Crippen LogP contribution in [0.5, 0.6) is 0 Å². The van der Waals surface area contributed by atoms with Crippen LogP contribution in [0.1, 0.15) is 34.8 Å². The normalized spacial score (nSPS) is 14.7. The predicted molar refractivity (Wildman–Crippen MR) is 117 cm³/mol. The number of rotatable bonds is 3. The van der Waals surface area contributed by atoms with Crippen LogP contribution in [0.15, 0.2) is 79.1 Å². The summed E-state index contributed by atoms with van der Waals surface area (Å²) in [7, 11) is 0. The average Bonchev–Trinajstić information content (AvgIpc) is 2.84. The van der Waals surface area contributed by atoms with Crippen molar-refractivity contribution in [2.75, 3.05) is 13.1 Å². The number of benzene rings is 2. The Morgan fingerprint density at radius 2 is 1.70 bits per heavy atom. The van der Waals surface area contributed by atoms with Gasteiger partial charge in [-0.2, -0.15) is 0 Å². The Morgan fingerprint density at radius 3 is 2.53 bits per heavy atom. The fourth-order valence-electron chi connectivity index (χ4n) is 4.10. The van der Waals surface area contributed by atoms with Gasteiger partial charge in [0.15, 0.2) is 5.82 Å². The molecule has 0 atom stereocenters. The van der Waals surface area contributed by atoms with E-state index < -0.39 is 0 Å². The van der Waals surface area contributed by atoms with Crippen LogP contribution in [0.4, 0.5) is 0 Å². The van der Waals surface area contributed by atoms with E-state index in [9.17, 15) is 4.79 Å². The Hall–Kier alpha value is -3.60. The number of fused-ring (bicyclic) bond motifs is 1. The van der Waals surface area contributed by atoms with Gasteiger partial charge in [0.2, 0.25) is 0 Å². The van der Waals surface area contributed by atoms with Gasteiger partial charge < -0.3 is 4.90 Å². The van der Waals surface area contributed by atoms with Crippen molar-refractivity contribution in [1.82, 2.24) is 19.9 Å². The summed E-state index contributed by atoms with van der Waals surface area (Å²) >= 11 is 0. The SMILES string of the molecule is O=C(c1ccc2ncccc2c1)N1CCC(c2ccnc(-c3ccccc3)n2)CC1. The first kappa shape index (κ1) is 18.4. The minimum atomic E-state index is 0.0897. The van der Waals surface area contributed by atoms with Gasteiger partial charge in [-0.3, -0.25) is 9.78 Å². The van der Waals surface area contributed by atoms with Crippen LogP contribution in [0, 0.1) is 0 Å². The quantitative estimate of drug-likeness (QED) is 0.505. The molecule has 0 unspecified atom stereocenters. The maximum absolute atomic E-state index is 13.0. The summed E-state index contributed by atoms with van der Waals surface area (Å²) in [5.41, 5.74) is 3.72. The molecule has 0 aliphatic carbocycles. The van der Waals surface area contributed by atoms with Crippen LogP contribution < -0.4 is 0 Å². The third-order valence-electron chi connectivity index (χ3n) is 5.76. The lowest BCUT2D eigenvalue weighted by molar-refractivity contribution is 0.0712. The average molecular weight is 394 g/mol. The Kier molecular flexibility index (Phi) is 4.93. The molecule has 5 nitrogen and oxygen atoms in total. The van der Waals surface area contributed by atoms with Crippen molar-refractivity contribution in [2.45, 2.75) is 18.8 Å². The summed E-state index contributed by atoms with van der Waals surface area (Å²) < 4.78 is 0. The van der Waals surface area contributed by atoms with E-state index in [1.54, 1.807) is 6.20 Å². The van der Waals surface area contributed by atoms with Crippen LogP contribution >= 0.6 is 0 Å². The fourth-order valence-corrected chi connectivity index (χ4v) is 4.10. The number of carbonyl (C=O) groups excluding carboxylic acids is 1. The minimum Gasteiger partial charge on any atom is -0.339 e. The van der Waals surface area contributed by atoms with Crippen molar-refractivity contribution in [3.8, 4) is 11.4 Å². The summed E-state index contributed by atoms with van der Waals surface area (Å²) in [4.78, 5) is 28.5. The first-order chi connectivity index (χ1) is 14.8. The van der Waals surface area contributed by atoms with Gasteiger partial charge in [-0.25, -0.2) is 9.97 Å². The van der Waals surface area contributed by atoms with E-state index in [0.717, 1.165) is 59.5 Å². The number of nitrogens with zero attached hydrogens (tertiary/aromatic N) is 4. The molecule has 5 rings (SSSR count). The van der Waals surface area contributed by atoms with Crippen LogP contribution in [-0.4, -0.2) is 38.8 Å². The van der Waals surface area contributed by atoms with E-state index in [0.29, 0.717) is 5.92 Å². The minimum absolute atomic E-state index is 0.0897. The molecule has 3 heterocycles. The van der Waals surface area contributed by atoms with Crippen molar-refractivity contribution < 1.29 is 4.79 Å². The topological polar surface area (TPSA) is 59.0 Å². The highest BCUT2D eigenvalue weighted by molar-refractivity contribution is 5.98. The molecule has 2 aromatic heterocycles. The Labute approximate surface area is 175 Å². The van der Waals surface area contributed by atoms with E-state index in [1.807, 2.05) is 77.8 Å². The molecule has 5 heteroatoms. The first-order valence-corrected chi connectivity index (χ1v) is 10.3. The molecular formula is C25H22N4O. The van der Waals surface area contributed by atoms with E-state index in [-0.39, 0.29) is 5.91 Å². The van der Waals surface area contributed by atoms with Crippen molar-refractivity contribution in [1.29, 1.82) is 0 Å². The second-order valence-electron chi connectivity index (χ2n) is 7.65.